The van der Waals surface area contributed by atoms with Crippen LogP contribution in [0.2, 0.25) is 0 Å². The molecule has 0 bridgehead atoms. The number of rotatable bonds is 4. The van der Waals surface area contributed by atoms with Crippen molar-refractivity contribution in [3.8, 4) is 0 Å². The standard InChI is InChI=1S/C12H25N3O/c1-9(2)11(12(13)16)14-10-5-4-7-15(3)8-6-10/h9-11,14H,4-8H2,1-3H3,(H2,13,16). The summed E-state index contributed by atoms with van der Waals surface area (Å²) in [7, 11) is 2.15. The van der Waals surface area contributed by atoms with Gasteiger partial charge in [0.1, 0.15) is 0 Å². The van der Waals surface area contributed by atoms with Crippen LogP contribution in [0.5, 0.6) is 0 Å². The van der Waals surface area contributed by atoms with Crippen LogP contribution in [0.25, 0.3) is 0 Å². The van der Waals surface area contributed by atoms with Gasteiger partial charge in [0.05, 0.1) is 6.04 Å². The predicted octanol–water partition coefficient (Wildman–Crippen LogP) is 0.570. The van der Waals surface area contributed by atoms with Gasteiger partial charge in [-0.25, -0.2) is 0 Å². The fourth-order valence-electron chi connectivity index (χ4n) is 2.26. The van der Waals surface area contributed by atoms with Crippen LogP contribution in [0.15, 0.2) is 0 Å². The zero-order chi connectivity index (χ0) is 12.1. The van der Waals surface area contributed by atoms with Crippen molar-refractivity contribution >= 4 is 5.91 Å². The summed E-state index contributed by atoms with van der Waals surface area (Å²) in [6, 6.07) is 0.248. The number of nitrogens with zero attached hydrogens (tertiary/aromatic N) is 1. The molecular formula is C12H25N3O. The number of hydrogen-bond donors (Lipinski definition) is 2. The molecule has 0 saturated carbocycles. The first-order valence-corrected chi connectivity index (χ1v) is 6.24. The van der Waals surface area contributed by atoms with Gasteiger partial charge in [-0.3, -0.25) is 4.79 Å². The Bertz CT molecular complexity index is 230. The molecule has 0 aliphatic carbocycles. The van der Waals surface area contributed by atoms with E-state index in [0.29, 0.717) is 6.04 Å². The number of nitrogens with one attached hydrogen (secondary N) is 1. The van der Waals surface area contributed by atoms with Crippen LogP contribution in [0.4, 0.5) is 0 Å². The number of primary amides is 1. The molecule has 16 heavy (non-hydrogen) atoms. The van der Waals surface area contributed by atoms with Gasteiger partial charge in [-0.15, -0.1) is 0 Å². The number of likely N-dealkylation sites (tertiary alicyclic amines) is 1. The van der Waals surface area contributed by atoms with E-state index in [1.165, 1.54) is 6.42 Å². The molecule has 1 saturated heterocycles. The molecule has 1 fully saturated rings. The smallest absolute Gasteiger partial charge is 0.234 e. The second-order valence-electron chi connectivity index (χ2n) is 5.22. The third-order valence-corrected chi connectivity index (χ3v) is 3.34. The quantitative estimate of drug-likeness (QED) is 0.738. The normalized spacial score (nSPS) is 25.4. The third kappa shape index (κ3) is 4.10. The monoisotopic (exact) mass is 227 g/mol. The second-order valence-corrected chi connectivity index (χ2v) is 5.22. The van der Waals surface area contributed by atoms with Gasteiger partial charge < -0.3 is 16.0 Å². The van der Waals surface area contributed by atoms with E-state index in [1.807, 2.05) is 13.8 Å². The zero-order valence-electron chi connectivity index (χ0n) is 10.7. The molecule has 0 spiro atoms. The van der Waals surface area contributed by atoms with E-state index in [2.05, 4.69) is 17.3 Å². The summed E-state index contributed by atoms with van der Waals surface area (Å²) in [5, 5.41) is 3.41. The summed E-state index contributed by atoms with van der Waals surface area (Å²) < 4.78 is 0. The molecule has 0 aromatic heterocycles. The highest BCUT2D eigenvalue weighted by Crippen LogP contribution is 2.12. The van der Waals surface area contributed by atoms with E-state index < -0.39 is 0 Å². The minimum absolute atomic E-state index is 0.187. The summed E-state index contributed by atoms with van der Waals surface area (Å²) in [5.41, 5.74) is 5.41. The first-order chi connectivity index (χ1) is 7.50. The topological polar surface area (TPSA) is 58.4 Å². The molecule has 4 nitrogen and oxygen atoms in total. The zero-order valence-corrected chi connectivity index (χ0v) is 10.7. The van der Waals surface area contributed by atoms with Crippen molar-refractivity contribution in [2.24, 2.45) is 11.7 Å². The van der Waals surface area contributed by atoms with E-state index in [9.17, 15) is 4.79 Å². The first kappa shape index (κ1) is 13.5. The van der Waals surface area contributed by atoms with Gasteiger partial charge in [-0.05, 0) is 45.3 Å². The Kier molecular flexibility index (Phi) is 5.22. The van der Waals surface area contributed by atoms with Gasteiger partial charge in [-0.1, -0.05) is 13.8 Å². The van der Waals surface area contributed by atoms with Gasteiger partial charge in [0.25, 0.3) is 0 Å². The fraction of sp³-hybridized carbons (Fsp3) is 0.917. The molecule has 1 amide bonds. The molecule has 0 aromatic rings. The Morgan fingerprint density at radius 1 is 1.38 bits per heavy atom. The van der Waals surface area contributed by atoms with Gasteiger partial charge in [0, 0.05) is 6.04 Å². The maximum absolute atomic E-state index is 11.3. The SMILES string of the molecule is CC(C)C(NC1CCCN(C)CC1)C(N)=O. The lowest BCUT2D eigenvalue weighted by atomic mass is 10.0. The van der Waals surface area contributed by atoms with Gasteiger partial charge in [0.15, 0.2) is 0 Å². The third-order valence-electron chi connectivity index (χ3n) is 3.34. The number of amides is 1. The summed E-state index contributed by atoms with van der Waals surface area (Å²) in [4.78, 5) is 13.7. The van der Waals surface area contributed by atoms with Crippen LogP contribution in [0.1, 0.15) is 33.1 Å². The highest BCUT2D eigenvalue weighted by atomic mass is 16.1. The van der Waals surface area contributed by atoms with E-state index >= 15 is 0 Å². The summed E-state index contributed by atoms with van der Waals surface area (Å²) in [6.45, 7) is 6.32. The van der Waals surface area contributed by atoms with E-state index in [4.69, 9.17) is 5.73 Å². The van der Waals surface area contributed by atoms with Crippen molar-refractivity contribution < 1.29 is 4.79 Å². The van der Waals surface area contributed by atoms with Crippen molar-refractivity contribution in [3.05, 3.63) is 0 Å². The molecule has 4 heteroatoms. The minimum atomic E-state index is -0.229. The maximum Gasteiger partial charge on any atom is 0.234 e. The lowest BCUT2D eigenvalue weighted by molar-refractivity contribution is -0.121. The van der Waals surface area contributed by atoms with Crippen LogP contribution in [0.3, 0.4) is 0 Å². The van der Waals surface area contributed by atoms with Crippen LogP contribution in [-0.4, -0.2) is 43.0 Å². The highest BCUT2D eigenvalue weighted by Gasteiger charge is 2.24. The lowest BCUT2D eigenvalue weighted by Gasteiger charge is -2.25. The van der Waals surface area contributed by atoms with E-state index in [1.54, 1.807) is 0 Å². The first-order valence-electron chi connectivity index (χ1n) is 6.24. The number of carbonyl (C=O) groups excluding carboxylic acids is 1. The largest absolute Gasteiger partial charge is 0.368 e. The van der Waals surface area contributed by atoms with E-state index in [-0.39, 0.29) is 17.9 Å². The van der Waals surface area contributed by atoms with Crippen LogP contribution < -0.4 is 11.1 Å². The molecule has 0 aromatic carbocycles. The Hall–Kier alpha value is -0.610. The van der Waals surface area contributed by atoms with Gasteiger partial charge in [0.2, 0.25) is 5.91 Å². The molecule has 94 valence electrons. The van der Waals surface area contributed by atoms with Crippen molar-refractivity contribution in [2.75, 3.05) is 20.1 Å². The van der Waals surface area contributed by atoms with Crippen LogP contribution >= 0.6 is 0 Å². The van der Waals surface area contributed by atoms with Crippen molar-refractivity contribution in [1.82, 2.24) is 10.2 Å². The minimum Gasteiger partial charge on any atom is -0.368 e. The average molecular weight is 227 g/mol. The highest BCUT2D eigenvalue weighted by molar-refractivity contribution is 5.80. The molecule has 2 atom stereocenters. The Morgan fingerprint density at radius 2 is 2.06 bits per heavy atom. The van der Waals surface area contributed by atoms with E-state index in [0.717, 1.165) is 25.9 Å². The lowest BCUT2D eigenvalue weighted by Crippen LogP contribution is -2.49. The number of hydrogen-bond acceptors (Lipinski definition) is 3. The Morgan fingerprint density at radius 3 is 2.62 bits per heavy atom. The van der Waals surface area contributed by atoms with Crippen molar-refractivity contribution in [3.63, 3.8) is 0 Å². The molecule has 1 aliphatic rings. The Labute approximate surface area is 98.6 Å². The molecule has 2 unspecified atom stereocenters. The Balaban J connectivity index is 2.47. The molecule has 1 aliphatic heterocycles. The molecule has 0 radical (unpaired) electrons. The summed E-state index contributed by atoms with van der Waals surface area (Å²) in [6.07, 6.45) is 3.44. The van der Waals surface area contributed by atoms with Crippen molar-refractivity contribution in [2.45, 2.75) is 45.2 Å². The van der Waals surface area contributed by atoms with Crippen molar-refractivity contribution in [1.29, 1.82) is 0 Å². The van der Waals surface area contributed by atoms with Crippen LogP contribution in [-0.2, 0) is 4.79 Å². The summed E-state index contributed by atoms with van der Waals surface area (Å²) in [5.74, 6) is 0.0334. The maximum atomic E-state index is 11.3. The molecule has 1 heterocycles. The number of carbonyl (C=O) groups is 1. The number of nitrogens with two attached hydrogens (primary N) is 1. The summed E-state index contributed by atoms with van der Waals surface area (Å²) >= 11 is 0. The second kappa shape index (κ2) is 6.21. The average Bonchev–Trinajstić information content (AvgIpc) is 2.38. The predicted molar refractivity (Wildman–Crippen MR) is 66.1 cm³/mol. The fourth-order valence-corrected chi connectivity index (χ4v) is 2.26. The molecule has 1 rings (SSSR count). The molecular weight excluding hydrogens is 202 g/mol. The molecule has 3 N–H and O–H groups in total. The van der Waals surface area contributed by atoms with Gasteiger partial charge >= 0.3 is 0 Å². The van der Waals surface area contributed by atoms with Crippen LogP contribution in [0, 0.1) is 5.92 Å². The van der Waals surface area contributed by atoms with Gasteiger partial charge in [-0.2, -0.15) is 0 Å².